The van der Waals surface area contributed by atoms with E-state index >= 15 is 0 Å². The van der Waals surface area contributed by atoms with Crippen molar-refractivity contribution in [1.82, 2.24) is 0 Å². The summed E-state index contributed by atoms with van der Waals surface area (Å²) in [6, 6.07) is 8.26. The molecule has 0 amide bonds. The fraction of sp³-hybridized carbons (Fsp3) is 0.417. The lowest BCUT2D eigenvalue weighted by molar-refractivity contribution is -0.145. The van der Waals surface area contributed by atoms with Gasteiger partial charge in [0, 0.05) is 13.3 Å². The van der Waals surface area contributed by atoms with Crippen LogP contribution in [0.1, 0.15) is 25.0 Å². The Kier molecular flexibility index (Phi) is 3.69. The van der Waals surface area contributed by atoms with Gasteiger partial charge in [0.05, 0.1) is 0 Å². The molecule has 2 nitrogen and oxygen atoms in total. The Morgan fingerprint density at radius 1 is 1.36 bits per heavy atom. The van der Waals surface area contributed by atoms with Crippen LogP contribution in [0.2, 0.25) is 0 Å². The fourth-order valence-electron chi connectivity index (χ4n) is 1.38. The summed E-state index contributed by atoms with van der Waals surface area (Å²) in [5, 5.41) is 0. The largest absolute Gasteiger partial charge is 0.463 e. The Bertz CT molecular complexity index is 301. The van der Waals surface area contributed by atoms with Gasteiger partial charge in [-0.05, 0) is 19.4 Å². The number of esters is 1. The van der Waals surface area contributed by atoms with Crippen molar-refractivity contribution in [3.05, 3.63) is 35.4 Å². The first-order chi connectivity index (χ1) is 6.58. The molecule has 14 heavy (non-hydrogen) atoms. The van der Waals surface area contributed by atoms with E-state index in [1.165, 1.54) is 18.1 Å². The summed E-state index contributed by atoms with van der Waals surface area (Å²) in [7, 11) is 0. The molecule has 1 aromatic rings. The van der Waals surface area contributed by atoms with E-state index in [-0.39, 0.29) is 12.1 Å². The highest BCUT2D eigenvalue weighted by Gasteiger charge is 2.05. The summed E-state index contributed by atoms with van der Waals surface area (Å²) in [6.45, 7) is 5.40. The summed E-state index contributed by atoms with van der Waals surface area (Å²) >= 11 is 0. The number of carbonyl (C=O) groups is 1. The first-order valence-electron chi connectivity index (χ1n) is 4.80. The molecule has 2 heteroatoms. The third kappa shape index (κ3) is 3.60. The van der Waals surface area contributed by atoms with Crippen LogP contribution in [0.5, 0.6) is 0 Å². The zero-order valence-corrected chi connectivity index (χ0v) is 8.91. The molecular weight excluding hydrogens is 176 g/mol. The Hall–Kier alpha value is -1.31. The van der Waals surface area contributed by atoms with Gasteiger partial charge in [0.15, 0.2) is 0 Å². The predicted octanol–water partition coefficient (Wildman–Crippen LogP) is 2.49. The van der Waals surface area contributed by atoms with Crippen LogP contribution in [0, 0.1) is 6.92 Å². The van der Waals surface area contributed by atoms with Crippen LogP contribution in [-0.2, 0) is 16.0 Å². The maximum absolute atomic E-state index is 10.7. The second-order valence-electron chi connectivity index (χ2n) is 3.61. The second-order valence-corrected chi connectivity index (χ2v) is 3.61. The van der Waals surface area contributed by atoms with Gasteiger partial charge in [0.2, 0.25) is 0 Å². The monoisotopic (exact) mass is 192 g/mol. The third-order valence-electron chi connectivity index (χ3n) is 2.01. The Morgan fingerprint density at radius 3 is 2.43 bits per heavy atom. The fourth-order valence-corrected chi connectivity index (χ4v) is 1.38. The van der Waals surface area contributed by atoms with Gasteiger partial charge >= 0.3 is 5.97 Å². The lowest BCUT2D eigenvalue weighted by atomic mass is 10.1. The van der Waals surface area contributed by atoms with Crippen LogP contribution >= 0.6 is 0 Å². The third-order valence-corrected chi connectivity index (χ3v) is 2.01. The second kappa shape index (κ2) is 4.80. The van der Waals surface area contributed by atoms with E-state index in [4.69, 9.17) is 4.74 Å². The van der Waals surface area contributed by atoms with Gasteiger partial charge in [0.1, 0.15) is 6.10 Å². The van der Waals surface area contributed by atoms with E-state index in [1.807, 2.05) is 6.92 Å². The Labute approximate surface area is 84.9 Å². The molecule has 0 bridgehead atoms. The molecule has 0 aliphatic rings. The van der Waals surface area contributed by atoms with E-state index in [1.54, 1.807) is 0 Å². The van der Waals surface area contributed by atoms with Crippen molar-refractivity contribution in [3.63, 3.8) is 0 Å². The summed E-state index contributed by atoms with van der Waals surface area (Å²) < 4.78 is 5.05. The van der Waals surface area contributed by atoms with Crippen LogP contribution in [0.4, 0.5) is 0 Å². The molecule has 0 radical (unpaired) electrons. The highest BCUT2D eigenvalue weighted by Crippen LogP contribution is 2.07. The summed E-state index contributed by atoms with van der Waals surface area (Å²) in [4.78, 5) is 10.7. The van der Waals surface area contributed by atoms with Gasteiger partial charge in [-0.15, -0.1) is 0 Å². The van der Waals surface area contributed by atoms with Crippen LogP contribution < -0.4 is 0 Å². The van der Waals surface area contributed by atoms with Gasteiger partial charge in [-0.3, -0.25) is 4.79 Å². The summed E-state index contributed by atoms with van der Waals surface area (Å²) in [6.07, 6.45) is 0.732. The molecule has 1 rings (SSSR count). The molecule has 0 saturated carbocycles. The molecule has 0 N–H and O–H groups in total. The standard InChI is InChI=1S/C12H16O2/c1-9-4-6-12(7-5-9)8-10(2)14-11(3)13/h4-7,10H,8H2,1-3H3. The number of benzene rings is 1. The molecule has 1 atom stereocenters. The molecule has 0 heterocycles. The summed E-state index contributed by atoms with van der Waals surface area (Å²) in [5.41, 5.74) is 2.44. The number of hydrogen-bond donors (Lipinski definition) is 0. The minimum atomic E-state index is -0.218. The van der Waals surface area contributed by atoms with Crippen LogP contribution in [0.3, 0.4) is 0 Å². The maximum atomic E-state index is 10.7. The van der Waals surface area contributed by atoms with Gasteiger partial charge in [-0.1, -0.05) is 29.8 Å². The Morgan fingerprint density at radius 2 is 1.93 bits per heavy atom. The van der Waals surface area contributed by atoms with E-state index < -0.39 is 0 Å². The zero-order chi connectivity index (χ0) is 10.6. The minimum absolute atomic E-state index is 0.0461. The van der Waals surface area contributed by atoms with Crippen molar-refractivity contribution in [1.29, 1.82) is 0 Å². The topological polar surface area (TPSA) is 26.3 Å². The average Bonchev–Trinajstić information content (AvgIpc) is 2.07. The van der Waals surface area contributed by atoms with E-state index in [0.717, 1.165) is 6.42 Å². The first-order valence-corrected chi connectivity index (χ1v) is 4.80. The smallest absolute Gasteiger partial charge is 0.302 e. The average molecular weight is 192 g/mol. The van der Waals surface area contributed by atoms with Crippen LogP contribution in [-0.4, -0.2) is 12.1 Å². The predicted molar refractivity (Wildman–Crippen MR) is 56.1 cm³/mol. The van der Waals surface area contributed by atoms with Crippen molar-refractivity contribution in [2.45, 2.75) is 33.3 Å². The summed E-state index contributed by atoms with van der Waals surface area (Å²) in [5.74, 6) is -0.218. The zero-order valence-electron chi connectivity index (χ0n) is 8.91. The lowest BCUT2D eigenvalue weighted by Crippen LogP contribution is -2.14. The van der Waals surface area contributed by atoms with E-state index in [0.29, 0.717) is 0 Å². The highest BCUT2D eigenvalue weighted by atomic mass is 16.5. The van der Waals surface area contributed by atoms with Crippen LogP contribution in [0.25, 0.3) is 0 Å². The van der Waals surface area contributed by atoms with Crippen molar-refractivity contribution in [2.24, 2.45) is 0 Å². The van der Waals surface area contributed by atoms with E-state index in [2.05, 4.69) is 31.2 Å². The molecule has 0 aliphatic heterocycles. The molecular formula is C12H16O2. The van der Waals surface area contributed by atoms with Gasteiger partial charge in [-0.2, -0.15) is 0 Å². The number of carbonyl (C=O) groups excluding carboxylic acids is 1. The maximum Gasteiger partial charge on any atom is 0.302 e. The van der Waals surface area contributed by atoms with Crippen molar-refractivity contribution in [3.8, 4) is 0 Å². The molecule has 1 aromatic carbocycles. The number of ether oxygens (including phenoxy) is 1. The Balaban J connectivity index is 2.51. The first kappa shape index (κ1) is 10.8. The molecule has 0 aliphatic carbocycles. The van der Waals surface area contributed by atoms with Gasteiger partial charge in [0.25, 0.3) is 0 Å². The quantitative estimate of drug-likeness (QED) is 0.688. The number of aryl methyl sites for hydroxylation is 1. The van der Waals surface area contributed by atoms with Gasteiger partial charge in [-0.25, -0.2) is 0 Å². The van der Waals surface area contributed by atoms with Crippen molar-refractivity contribution < 1.29 is 9.53 Å². The lowest BCUT2D eigenvalue weighted by Gasteiger charge is -2.11. The van der Waals surface area contributed by atoms with Crippen LogP contribution in [0.15, 0.2) is 24.3 Å². The highest BCUT2D eigenvalue weighted by molar-refractivity contribution is 5.66. The molecule has 76 valence electrons. The number of rotatable bonds is 3. The molecule has 0 saturated heterocycles. The molecule has 0 aromatic heterocycles. The molecule has 0 spiro atoms. The van der Waals surface area contributed by atoms with Gasteiger partial charge < -0.3 is 4.74 Å². The SMILES string of the molecule is CC(=O)OC(C)Cc1ccc(C)cc1. The molecule has 0 fully saturated rings. The number of hydrogen-bond acceptors (Lipinski definition) is 2. The molecule has 1 unspecified atom stereocenters. The van der Waals surface area contributed by atoms with E-state index in [9.17, 15) is 4.79 Å². The normalized spacial score (nSPS) is 12.2. The van der Waals surface area contributed by atoms with Crippen molar-refractivity contribution >= 4 is 5.97 Å². The van der Waals surface area contributed by atoms with Crippen molar-refractivity contribution in [2.75, 3.05) is 0 Å². The minimum Gasteiger partial charge on any atom is -0.463 e.